The number of carbonyl (C=O) groups excluding carboxylic acids is 1. The Bertz CT molecular complexity index is 314. The molecule has 3 N–H and O–H groups in total. The van der Waals surface area contributed by atoms with Gasteiger partial charge in [0.05, 0.1) is 24.2 Å². The van der Waals surface area contributed by atoms with Crippen molar-refractivity contribution in [1.29, 1.82) is 0 Å². The van der Waals surface area contributed by atoms with E-state index >= 15 is 0 Å². The molecule has 0 aromatic carbocycles. The van der Waals surface area contributed by atoms with Crippen LogP contribution in [-0.2, 0) is 14.6 Å². The zero-order valence-electron chi connectivity index (χ0n) is 7.86. The van der Waals surface area contributed by atoms with E-state index in [1.54, 1.807) is 0 Å². The van der Waals surface area contributed by atoms with Gasteiger partial charge < -0.3 is 15.7 Å². The molecule has 1 rings (SSSR count). The van der Waals surface area contributed by atoms with Gasteiger partial charge >= 0.3 is 0 Å². The van der Waals surface area contributed by atoms with Gasteiger partial charge in [0.25, 0.3) is 0 Å². The third-order valence-electron chi connectivity index (χ3n) is 2.13. The van der Waals surface area contributed by atoms with Crippen LogP contribution in [0.4, 0.5) is 0 Å². The summed E-state index contributed by atoms with van der Waals surface area (Å²) in [6, 6.07) is -0.530. The monoisotopic (exact) mass is 222 g/mol. The lowest BCUT2D eigenvalue weighted by Crippen LogP contribution is -2.43. The summed E-state index contributed by atoms with van der Waals surface area (Å²) in [7, 11) is -1.65. The summed E-state index contributed by atoms with van der Waals surface area (Å²) in [6.07, 6.45) is -0.912. The maximum atomic E-state index is 11.1. The Morgan fingerprint density at radius 2 is 2.14 bits per heavy atom. The number of aliphatic hydroxyl groups excluding tert-OH is 1. The number of nitrogens with one attached hydrogen (secondary N) is 2. The molecule has 0 bridgehead atoms. The van der Waals surface area contributed by atoms with Crippen LogP contribution in [0, 0.1) is 0 Å². The molecule has 1 heterocycles. The van der Waals surface area contributed by atoms with E-state index in [0.29, 0.717) is 0 Å². The lowest BCUT2D eigenvalue weighted by molar-refractivity contribution is -0.119. The van der Waals surface area contributed by atoms with E-state index in [4.69, 9.17) is 0 Å². The third kappa shape index (κ3) is 2.93. The summed E-state index contributed by atoms with van der Waals surface area (Å²) in [5.74, 6) is -0.565. The van der Waals surface area contributed by atoms with Crippen molar-refractivity contribution < 1.29 is 18.3 Å². The van der Waals surface area contributed by atoms with Crippen molar-refractivity contribution in [3.05, 3.63) is 0 Å². The van der Waals surface area contributed by atoms with Gasteiger partial charge in [-0.05, 0) is 0 Å². The molecule has 0 aromatic rings. The fourth-order valence-electron chi connectivity index (χ4n) is 1.34. The van der Waals surface area contributed by atoms with E-state index in [9.17, 15) is 18.3 Å². The second kappa shape index (κ2) is 4.24. The van der Waals surface area contributed by atoms with Crippen LogP contribution in [0.15, 0.2) is 0 Å². The van der Waals surface area contributed by atoms with Gasteiger partial charge in [0.1, 0.15) is 0 Å². The summed E-state index contributed by atoms with van der Waals surface area (Å²) in [6.45, 7) is 0.0216. The highest BCUT2D eigenvalue weighted by atomic mass is 32.2. The minimum absolute atomic E-state index is 0.0216. The summed E-state index contributed by atoms with van der Waals surface area (Å²) < 4.78 is 22.1. The van der Waals surface area contributed by atoms with Crippen molar-refractivity contribution >= 4 is 15.7 Å². The maximum Gasteiger partial charge on any atom is 0.233 e. The van der Waals surface area contributed by atoms with Gasteiger partial charge in [-0.3, -0.25) is 4.79 Å². The van der Waals surface area contributed by atoms with E-state index < -0.39 is 22.0 Å². The minimum Gasteiger partial charge on any atom is -0.390 e. The van der Waals surface area contributed by atoms with Gasteiger partial charge in [-0.25, -0.2) is 8.42 Å². The first-order chi connectivity index (χ1) is 6.44. The molecule has 0 aromatic heterocycles. The van der Waals surface area contributed by atoms with Crippen LogP contribution >= 0.6 is 0 Å². The van der Waals surface area contributed by atoms with Gasteiger partial charge in [0.15, 0.2) is 9.84 Å². The zero-order valence-corrected chi connectivity index (χ0v) is 8.67. The van der Waals surface area contributed by atoms with E-state index in [2.05, 4.69) is 10.6 Å². The standard InChI is InChI=1S/C7H14N2O4S/c1-8-7(11)2-9-5-3-14(12,13)4-6(5)10/h5-6,9-10H,2-4H2,1H3,(H,8,11). The molecule has 82 valence electrons. The van der Waals surface area contributed by atoms with Crippen LogP contribution in [0.1, 0.15) is 0 Å². The fraction of sp³-hybridized carbons (Fsp3) is 0.857. The molecule has 1 saturated heterocycles. The maximum absolute atomic E-state index is 11.1. The van der Waals surface area contributed by atoms with Crippen LogP contribution in [0.5, 0.6) is 0 Å². The molecular weight excluding hydrogens is 208 g/mol. The van der Waals surface area contributed by atoms with Gasteiger partial charge in [0.2, 0.25) is 5.91 Å². The summed E-state index contributed by atoms with van der Waals surface area (Å²) >= 11 is 0. The van der Waals surface area contributed by atoms with Crippen LogP contribution in [0.2, 0.25) is 0 Å². The van der Waals surface area contributed by atoms with Gasteiger partial charge in [-0.1, -0.05) is 0 Å². The second-order valence-corrected chi connectivity index (χ2v) is 5.46. The summed E-state index contributed by atoms with van der Waals surface area (Å²) in [5, 5.41) is 14.4. The first-order valence-corrected chi connectivity index (χ1v) is 6.09. The van der Waals surface area contributed by atoms with Crippen molar-refractivity contribution in [2.45, 2.75) is 12.1 Å². The summed E-state index contributed by atoms with van der Waals surface area (Å²) in [5.41, 5.74) is 0. The fourth-order valence-corrected chi connectivity index (χ4v) is 3.11. The van der Waals surface area contributed by atoms with Crippen LogP contribution in [0.3, 0.4) is 0 Å². The molecule has 0 spiro atoms. The zero-order chi connectivity index (χ0) is 10.8. The lowest BCUT2D eigenvalue weighted by Gasteiger charge is -2.13. The predicted octanol–water partition coefficient (Wildman–Crippen LogP) is -2.52. The molecule has 7 heteroatoms. The number of rotatable bonds is 3. The van der Waals surface area contributed by atoms with Crippen LogP contribution < -0.4 is 10.6 Å². The molecule has 0 radical (unpaired) electrons. The molecule has 1 fully saturated rings. The minimum atomic E-state index is -3.14. The van der Waals surface area contributed by atoms with Crippen LogP contribution in [-0.4, -0.2) is 56.7 Å². The molecule has 1 aliphatic rings. The molecular formula is C7H14N2O4S. The Balaban J connectivity index is 2.44. The molecule has 6 nitrogen and oxygen atoms in total. The van der Waals surface area contributed by atoms with E-state index in [1.165, 1.54) is 7.05 Å². The number of amides is 1. The van der Waals surface area contributed by atoms with Crippen molar-refractivity contribution in [1.82, 2.24) is 10.6 Å². The third-order valence-corrected chi connectivity index (χ3v) is 3.84. The average Bonchev–Trinajstić information content (AvgIpc) is 2.35. The smallest absolute Gasteiger partial charge is 0.233 e. The Hall–Kier alpha value is -0.660. The van der Waals surface area contributed by atoms with Crippen molar-refractivity contribution in [2.24, 2.45) is 0 Å². The van der Waals surface area contributed by atoms with Crippen molar-refractivity contribution in [3.8, 4) is 0 Å². The van der Waals surface area contributed by atoms with Crippen molar-refractivity contribution in [2.75, 3.05) is 25.1 Å². The number of hydrogen-bond acceptors (Lipinski definition) is 5. The number of aliphatic hydroxyl groups is 1. The largest absolute Gasteiger partial charge is 0.390 e. The van der Waals surface area contributed by atoms with Gasteiger partial charge in [-0.15, -0.1) is 0 Å². The molecule has 2 atom stereocenters. The highest BCUT2D eigenvalue weighted by molar-refractivity contribution is 7.91. The Kier molecular flexibility index (Phi) is 3.46. The molecule has 14 heavy (non-hydrogen) atoms. The molecule has 0 saturated carbocycles. The normalized spacial score (nSPS) is 30.1. The topological polar surface area (TPSA) is 95.5 Å². The highest BCUT2D eigenvalue weighted by Gasteiger charge is 2.36. The van der Waals surface area contributed by atoms with Gasteiger partial charge in [0, 0.05) is 13.1 Å². The molecule has 1 amide bonds. The Labute approximate surface area is 82.6 Å². The molecule has 1 aliphatic heterocycles. The predicted molar refractivity (Wildman–Crippen MR) is 50.5 cm³/mol. The SMILES string of the molecule is CNC(=O)CNC1CS(=O)(=O)CC1O. The van der Waals surface area contributed by atoms with Crippen LogP contribution in [0.25, 0.3) is 0 Å². The molecule has 2 unspecified atom stereocenters. The van der Waals surface area contributed by atoms with Gasteiger partial charge in [-0.2, -0.15) is 0 Å². The second-order valence-electron chi connectivity index (χ2n) is 3.30. The summed E-state index contributed by atoms with van der Waals surface area (Å²) in [4.78, 5) is 10.8. The number of carbonyl (C=O) groups is 1. The molecule has 0 aliphatic carbocycles. The highest BCUT2D eigenvalue weighted by Crippen LogP contribution is 2.11. The van der Waals surface area contributed by atoms with E-state index in [0.717, 1.165) is 0 Å². The quantitative estimate of drug-likeness (QED) is 0.490. The first kappa shape index (κ1) is 11.4. The average molecular weight is 222 g/mol. The van der Waals surface area contributed by atoms with Crippen molar-refractivity contribution in [3.63, 3.8) is 0 Å². The Morgan fingerprint density at radius 3 is 2.57 bits per heavy atom. The van der Waals surface area contributed by atoms with E-state index in [-0.39, 0.29) is 24.0 Å². The Morgan fingerprint density at radius 1 is 1.50 bits per heavy atom. The lowest BCUT2D eigenvalue weighted by atomic mass is 10.2. The first-order valence-electron chi connectivity index (χ1n) is 4.27. The number of likely N-dealkylation sites (N-methyl/N-ethyl adjacent to an activating group) is 1. The number of hydrogen-bond donors (Lipinski definition) is 3. The van der Waals surface area contributed by atoms with E-state index in [1.807, 2.05) is 0 Å². The number of sulfone groups is 1.